The van der Waals surface area contributed by atoms with E-state index in [-0.39, 0.29) is 23.3 Å². The second-order valence-electron chi connectivity index (χ2n) is 27.4. The van der Waals surface area contributed by atoms with E-state index in [0.717, 1.165) is 77.4 Å². The number of fused-ring (bicyclic) bond motifs is 1. The van der Waals surface area contributed by atoms with Crippen molar-refractivity contribution in [3.8, 4) is 0 Å². The Kier molecular flexibility index (Phi) is 41.5. The minimum absolute atomic E-state index is 0.0220. The van der Waals surface area contributed by atoms with Crippen LogP contribution in [0, 0.1) is 34.0 Å². The van der Waals surface area contributed by atoms with Crippen molar-refractivity contribution in [2.24, 2.45) is 34.0 Å². The van der Waals surface area contributed by atoms with Gasteiger partial charge in [0, 0.05) is 19.3 Å². The Bertz CT molecular complexity index is 1450. The van der Waals surface area contributed by atoms with Crippen molar-refractivity contribution < 1.29 is 28.6 Å². The third kappa shape index (κ3) is 33.5. The summed E-state index contributed by atoms with van der Waals surface area (Å²) in [6.45, 7) is 18.2. The smallest absolute Gasteiger partial charge is 0.305 e. The van der Waals surface area contributed by atoms with Crippen LogP contribution in [0.15, 0.2) is 0 Å². The topological polar surface area (TPSA) is 82.1 Å². The number of carbonyl (C=O) groups excluding carboxylic acids is 3. The van der Waals surface area contributed by atoms with Gasteiger partial charge in [-0.15, -0.1) is 0 Å². The first-order valence-corrected chi connectivity index (χ1v) is 35.8. The molecule has 4 saturated carbocycles. The fourth-order valence-electron chi connectivity index (χ4n) is 16.0. The predicted octanol–water partition coefficient (Wildman–Crippen LogP) is 21.8. The summed E-state index contributed by atoms with van der Waals surface area (Å²) in [5, 5.41) is 0. The second-order valence-corrected chi connectivity index (χ2v) is 27.4. The van der Waals surface area contributed by atoms with Crippen LogP contribution in [-0.2, 0) is 28.6 Å². The molecule has 4 aliphatic rings. The molecule has 0 aromatic rings. The van der Waals surface area contributed by atoms with Gasteiger partial charge in [-0.3, -0.25) is 14.4 Å². The highest BCUT2D eigenvalue weighted by molar-refractivity contribution is 5.70. The maximum Gasteiger partial charge on any atom is 0.305 e. The molecule has 7 nitrogen and oxygen atoms in total. The molecule has 4 rings (SSSR count). The van der Waals surface area contributed by atoms with Crippen molar-refractivity contribution in [1.82, 2.24) is 4.90 Å². The number of hydrogen-bond donors (Lipinski definition) is 0. The number of unbranched alkanes of at least 4 members (excludes halogenated alkanes) is 24. The molecule has 0 aliphatic heterocycles. The normalized spacial score (nSPS) is 20.7. The maximum absolute atomic E-state index is 13.4. The van der Waals surface area contributed by atoms with E-state index < -0.39 is 0 Å². The van der Waals surface area contributed by atoms with E-state index in [9.17, 15) is 14.4 Å². The molecule has 0 radical (unpaired) electrons. The minimum Gasteiger partial charge on any atom is -0.466 e. The van der Waals surface area contributed by atoms with Crippen molar-refractivity contribution in [3.63, 3.8) is 0 Å². The number of esters is 3. The Morgan fingerprint density at radius 1 is 0.367 bits per heavy atom. The highest BCUT2D eigenvalue weighted by Crippen LogP contribution is 2.69. The zero-order valence-corrected chi connectivity index (χ0v) is 53.9. The molecule has 0 saturated heterocycles. The van der Waals surface area contributed by atoms with Gasteiger partial charge in [-0.1, -0.05) is 247 Å². The molecule has 4 fully saturated rings. The van der Waals surface area contributed by atoms with Crippen molar-refractivity contribution in [1.29, 1.82) is 0 Å². The molecule has 0 spiro atoms. The molecule has 0 aromatic heterocycles. The van der Waals surface area contributed by atoms with Crippen LogP contribution in [0.2, 0.25) is 0 Å². The lowest BCUT2D eigenvalue weighted by Gasteiger charge is -2.56. The van der Waals surface area contributed by atoms with E-state index >= 15 is 0 Å². The van der Waals surface area contributed by atoms with Crippen molar-refractivity contribution in [2.45, 2.75) is 369 Å². The standard InChI is InChI=1S/C72H135NO6/c1-7-13-17-21-25-29-33-41-64(42-34-30-26-22-18-14-8-2)46-48-68(75)78-57-39-51-71-54-53-70(50-38-56-77-67(74)45-37-55-73(11-5)12-6)59-66(60-71)61-72(62-70,63-71)52-40-58-79-69(76)49-47-65(43-35-31-27-23-19-15-9-3)44-36-32-28-24-20-16-10-4/h64-66H,7-63H2,1-6H3. The number of hydrogen-bond acceptors (Lipinski definition) is 7. The first-order valence-electron chi connectivity index (χ1n) is 35.8. The largest absolute Gasteiger partial charge is 0.466 e. The van der Waals surface area contributed by atoms with Gasteiger partial charge in [0.1, 0.15) is 0 Å². The van der Waals surface area contributed by atoms with Gasteiger partial charge in [0.25, 0.3) is 0 Å². The Morgan fingerprint density at radius 2 is 0.671 bits per heavy atom. The van der Waals surface area contributed by atoms with Crippen LogP contribution in [-0.4, -0.2) is 62.3 Å². The van der Waals surface area contributed by atoms with E-state index in [4.69, 9.17) is 14.2 Å². The summed E-state index contributed by atoms with van der Waals surface area (Å²) in [6.07, 6.45) is 62.5. The first-order chi connectivity index (χ1) is 38.6. The first kappa shape index (κ1) is 71.6. The zero-order chi connectivity index (χ0) is 57.0. The molecule has 0 amide bonds. The Labute approximate surface area is 491 Å². The van der Waals surface area contributed by atoms with Crippen LogP contribution in [0.4, 0.5) is 0 Å². The van der Waals surface area contributed by atoms with Gasteiger partial charge in [0.15, 0.2) is 0 Å². The van der Waals surface area contributed by atoms with Gasteiger partial charge >= 0.3 is 17.9 Å². The summed E-state index contributed by atoms with van der Waals surface area (Å²) in [5.74, 6) is 2.02. The van der Waals surface area contributed by atoms with Crippen molar-refractivity contribution >= 4 is 17.9 Å². The van der Waals surface area contributed by atoms with Crippen molar-refractivity contribution in [2.75, 3.05) is 39.5 Å². The molecule has 464 valence electrons. The van der Waals surface area contributed by atoms with E-state index in [1.165, 1.54) is 250 Å². The minimum atomic E-state index is -0.0383. The highest BCUT2D eigenvalue weighted by atomic mass is 16.5. The number of carbonyl (C=O) groups is 3. The van der Waals surface area contributed by atoms with Crippen LogP contribution in [0.5, 0.6) is 0 Å². The predicted molar refractivity (Wildman–Crippen MR) is 337 cm³/mol. The third-order valence-corrected chi connectivity index (χ3v) is 20.3. The summed E-state index contributed by atoms with van der Waals surface area (Å²) in [4.78, 5) is 42.0. The van der Waals surface area contributed by atoms with Crippen LogP contribution in [0.25, 0.3) is 0 Å². The molecule has 4 bridgehead atoms. The van der Waals surface area contributed by atoms with E-state index in [2.05, 4.69) is 46.4 Å². The summed E-state index contributed by atoms with van der Waals surface area (Å²) in [7, 11) is 0. The van der Waals surface area contributed by atoms with Crippen LogP contribution < -0.4 is 0 Å². The van der Waals surface area contributed by atoms with Gasteiger partial charge in [0.05, 0.1) is 19.8 Å². The average molecular weight is 1110 g/mol. The van der Waals surface area contributed by atoms with Gasteiger partial charge in [-0.2, -0.15) is 0 Å². The highest BCUT2D eigenvalue weighted by Gasteiger charge is 2.58. The molecule has 79 heavy (non-hydrogen) atoms. The van der Waals surface area contributed by atoms with Crippen LogP contribution in [0.1, 0.15) is 369 Å². The lowest BCUT2D eigenvalue weighted by molar-refractivity contribution is -0.145. The van der Waals surface area contributed by atoms with E-state index in [1.807, 2.05) is 0 Å². The summed E-state index contributed by atoms with van der Waals surface area (Å²) in [5.41, 5.74) is 0.847. The van der Waals surface area contributed by atoms with Gasteiger partial charge in [-0.05, 0) is 156 Å². The van der Waals surface area contributed by atoms with Crippen LogP contribution in [0.3, 0.4) is 0 Å². The Hall–Kier alpha value is -1.63. The molecular weight excluding hydrogens is 975 g/mol. The summed E-state index contributed by atoms with van der Waals surface area (Å²) in [6, 6.07) is 0. The third-order valence-electron chi connectivity index (χ3n) is 20.3. The molecule has 0 aromatic carbocycles. The zero-order valence-electron chi connectivity index (χ0n) is 53.9. The fraction of sp³-hybridized carbons (Fsp3) is 0.958. The summed E-state index contributed by atoms with van der Waals surface area (Å²) >= 11 is 0. The van der Waals surface area contributed by atoms with E-state index in [1.54, 1.807) is 0 Å². The maximum atomic E-state index is 13.4. The number of rotatable bonds is 56. The molecule has 0 heterocycles. The molecule has 4 aliphatic carbocycles. The van der Waals surface area contributed by atoms with Crippen LogP contribution >= 0.6 is 0 Å². The van der Waals surface area contributed by atoms with E-state index in [0.29, 0.717) is 67.7 Å². The van der Waals surface area contributed by atoms with Gasteiger partial charge in [0.2, 0.25) is 0 Å². The number of ether oxygens (including phenoxy) is 3. The molecule has 4 unspecified atom stereocenters. The quantitative estimate of drug-likeness (QED) is 0.0341. The molecule has 4 atom stereocenters. The lowest BCUT2D eigenvalue weighted by Crippen LogP contribution is -2.45. The molecule has 7 heteroatoms. The van der Waals surface area contributed by atoms with Crippen molar-refractivity contribution in [3.05, 3.63) is 0 Å². The SMILES string of the molecule is CCCCCCCCCC(CCCCCCCCC)CCC(=O)OCCCC12CCC3(CCCOC(=O)CCCN(CC)CC)CC(C1)CC(CCCOC(=O)CCC(CCCCCCCCC)CCCCCCCCC)(C3)C2. The molecule has 0 N–H and O–H groups in total. The Morgan fingerprint density at radius 3 is 1.01 bits per heavy atom. The lowest BCUT2D eigenvalue weighted by atomic mass is 9.49. The molecular formula is C72H135NO6. The second kappa shape index (κ2) is 45.8. The number of nitrogens with zero attached hydrogens (tertiary/aromatic N) is 1. The Balaban J connectivity index is 1.57. The van der Waals surface area contributed by atoms with Gasteiger partial charge in [-0.25, -0.2) is 0 Å². The summed E-state index contributed by atoms with van der Waals surface area (Å²) < 4.78 is 18.1. The monoisotopic (exact) mass is 1110 g/mol. The fourth-order valence-corrected chi connectivity index (χ4v) is 16.0. The average Bonchev–Trinajstić information content (AvgIpc) is 3.92. The van der Waals surface area contributed by atoms with Gasteiger partial charge < -0.3 is 19.1 Å².